The number of rotatable bonds is 5. The van der Waals surface area contributed by atoms with Crippen LogP contribution in [-0.2, 0) is 10.3 Å². The number of carbonyl (C=O) groups excluding carboxylic acids is 1. The number of carbonyl (C=O) groups is 1. The molecule has 1 aromatic rings. The Kier molecular flexibility index (Phi) is 4.08. The number of nitrogens with two attached hydrogens (primary N) is 1. The van der Waals surface area contributed by atoms with Crippen molar-refractivity contribution in [1.29, 1.82) is 0 Å². The first-order valence-corrected chi connectivity index (χ1v) is 9.24. The maximum absolute atomic E-state index is 12.4. The second-order valence-corrected chi connectivity index (χ2v) is 7.59. The number of hydrogen-bond donors (Lipinski definition) is 1. The normalized spacial score (nSPS) is 30.1. The zero-order valence-corrected chi connectivity index (χ0v) is 14.4. The molecule has 4 rings (SSSR count). The van der Waals surface area contributed by atoms with Gasteiger partial charge in [0.25, 0.3) is 0 Å². The molecular formula is C17H27N5O2. The monoisotopic (exact) mass is 333 g/mol. The van der Waals surface area contributed by atoms with Crippen molar-refractivity contribution in [3.8, 4) is 0 Å². The fourth-order valence-electron chi connectivity index (χ4n) is 4.27. The van der Waals surface area contributed by atoms with Crippen LogP contribution in [0.2, 0.25) is 0 Å². The largest absolute Gasteiger partial charge is 0.340 e. The summed E-state index contributed by atoms with van der Waals surface area (Å²) in [6, 6.07) is 0.498. The third-order valence-electron chi connectivity index (χ3n) is 6.03. The maximum atomic E-state index is 12.4. The molecule has 3 aliphatic rings. The number of likely N-dealkylation sites (tertiary alicyclic amines) is 2. The van der Waals surface area contributed by atoms with Gasteiger partial charge in [0, 0.05) is 25.6 Å². The molecule has 2 unspecified atom stereocenters. The number of hydrogen-bond acceptors (Lipinski definition) is 6. The minimum Gasteiger partial charge on any atom is -0.340 e. The Morgan fingerprint density at radius 3 is 2.92 bits per heavy atom. The molecule has 1 saturated carbocycles. The molecule has 0 radical (unpaired) electrons. The minimum atomic E-state index is -0.407. The highest BCUT2D eigenvalue weighted by molar-refractivity contribution is 5.79. The van der Waals surface area contributed by atoms with E-state index in [0.29, 0.717) is 30.7 Å². The van der Waals surface area contributed by atoms with E-state index in [1.54, 1.807) is 0 Å². The molecule has 1 aromatic heterocycles. The minimum absolute atomic E-state index is 0.0129. The summed E-state index contributed by atoms with van der Waals surface area (Å²) in [6.07, 6.45) is 5.83. The molecule has 0 bridgehead atoms. The molecule has 2 aliphatic heterocycles. The van der Waals surface area contributed by atoms with Crippen LogP contribution in [0.1, 0.15) is 63.1 Å². The summed E-state index contributed by atoms with van der Waals surface area (Å²) in [7, 11) is 0. The van der Waals surface area contributed by atoms with Crippen molar-refractivity contribution in [2.45, 2.75) is 62.9 Å². The molecule has 1 aliphatic carbocycles. The van der Waals surface area contributed by atoms with Crippen LogP contribution in [0.4, 0.5) is 0 Å². The van der Waals surface area contributed by atoms with Gasteiger partial charge in [0.05, 0.1) is 11.5 Å². The third kappa shape index (κ3) is 2.73. The molecule has 7 nitrogen and oxygen atoms in total. The van der Waals surface area contributed by atoms with Gasteiger partial charge in [-0.2, -0.15) is 4.98 Å². The lowest BCUT2D eigenvalue weighted by Crippen LogP contribution is -2.44. The van der Waals surface area contributed by atoms with Crippen LogP contribution in [0, 0.1) is 0 Å². The van der Waals surface area contributed by atoms with Crippen LogP contribution < -0.4 is 5.73 Å². The van der Waals surface area contributed by atoms with Crippen LogP contribution in [0.15, 0.2) is 4.52 Å². The third-order valence-corrected chi connectivity index (χ3v) is 6.03. The zero-order chi connectivity index (χ0) is 16.7. The van der Waals surface area contributed by atoms with Crippen LogP contribution in [0.25, 0.3) is 0 Å². The second kappa shape index (κ2) is 6.11. The van der Waals surface area contributed by atoms with Crippen molar-refractivity contribution in [2.75, 3.05) is 26.2 Å². The Bertz CT molecular complexity index is 612. The molecule has 1 amide bonds. The second-order valence-electron chi connectivity index (χ2n) is 7.59. The van der Waals surface area contributed by atoms with Gasteiger partial charge < -0.3 is 15.2 Å². The number of likely N-dealkylation sites (N-methyl/N-ethyl adjacent to an activating group) is 1. The summed E-state index contributed by atoms with van der Waals surface area (Å²) in [5.74, 6) is 1.41. The molecular weight excluding hydrogens is 306 g/mol. The molecule has 2 saturated heterocycles. The Balaban J connectivity index is 1.40. The Morgan fingerprint density at radius 2 is 2.21 bits per heavy atom. The molecule has 7 heteroatoms. The highest BCUT2D eigenvalue weighted by Crippen LogP contribution is 2.38. The Hall–Kier alpha value is -1.47. The lowest BCUT2D eigenvalue weighted by atomic mass is 9.77. The van der Waals surface area contributed by atoms with E-state index in [4.69, 9.17) is 10.3 Å². The quantitative estimate of drug-likeness (QED) is 0.871. The highest BCUT2D eigenvalue weighted by Gasteiger charge is 2.41. The molecule has 2 N–H and O–H groups in total. The van der Waals surface area contributed by atoms with Gasteiger partial charge in [-0.15, -0.1) is 0 Å². The Morgan fingerprint density at radius 1 is 1.38 bits per heavy atom. The van der Waals surface area contributed by atoms with Crippen LogP contribution in [0.3, 0.4) is 0 Å². The lowest BCUT2D eigenvalue weighted by molar-refractivity contribution is -0.128. The van der Waals surface area contributed by atoms with E-state index in [-0.39, 0.29) is 11.8 Å². The van der Waals surface area contributed by atoms with E-state index < -0.39 is 5.54 Å². The van der Waals surface area contributed by atoms with Gasteiger partial charge >= 0.3 is 0 Å². The molecule has 2 atom stereocenters. The Labute approximate surface area is 142 Å². The molecule has 132 valence electrons. The average Bonchev–Trinajstić information content (AvgIpc) is 3.25. The van der Waals surface area contributed by atoms with Crippen LogP contribution >= 0.6 is 0 Å². The van der Waals surface area contributed by atoms with Gasteiger partial charge in [0.1, 0.15) is 0 Å². The molecule has 3 fully saturated rings. The summed E-state index contributed by atoms with van der Waals surface area (Å²) < 4.78 is 5.45. The van der Waals surface area contributed by atoms with Gasteiger partial charge in [-0.25, -0.2) is 0 Å². The fraction of sp³-hybridized carbons (Fsp3) is 0.824. The molecule has 24 heavy (non-hydrogen) atoms. The van der Waals surface area contributed by atoms with E-state index in [9.17, 15) is 4.79 Å². The topological polar surface area (TPSA) is 88.5 Å². The smallest absolute Gasteiger partial charge is 0.232 e. The fourth-order valence-corrected chi connectivity index (χ4v) is 4.27. The van der Waals surface area contributed by atoms with E-state index in [1.165, 1.54) is 12.8 Å². The van der Waals surface area contributed by atoms with Crippen molar-refractivity contribution in [3.05, 3.63) is 11.7 Å². The molecule has 0 aromatic carbocycles. The first kappa shape index (κ1) is 16.0. The zero-order valence-electron chi connectivity index (χ0n) is 14.4. The van der Waals surface area contributed by atoms with Gasteiger partial charge in [0.2, 0.25) is 11.8 Å². The standard InChI is InChI=1S/C17H27N5O2/c1-2-21-8-3-5-13(21)11-22-10-12(9-14(22)23)15-19-16(20-24-15)17(18)6-4-7-17/h12-13H,2-11,18H2,1H3. The maximum Gasteiger partial charge on any atom is 0.232 e. The summed E-state index contributed by atoms with van der Waals surface area (Å²) >= 11 is 0. The predicted octanol–water partition coefficient (Wildman–Crippen LogP) is 1.21. The average molecular weight is 333 g/mol. The van der Waals surface area contributed by atoms with E-state index in [0.717, 1.165) is 38.9 Å². The molecule has 0 spiro atoms. The summed E-state index contributed by atoms with van der Waals surface area (Å²) in [6.45, 7) is 5.91. The lowest BCUT2D eigenvalue weighted by Gasteiger charge is -2.34. The van der Waals surface area contributed by atoms with Crippen molar-refractivity contribution in [1.82, 2.24) is 19.9 Å². The number of amides is 1. The first-order chi connectivity index (χ1) is 11.6. The number of nitrogens with zero attached hydrogens (tertiary/aromatic N) is 4. The number of aromatic nitrogens is 2. The first-order valence-electron chi connectivity index (χ1n) is 9.24. The van der Waals surface area contributed by atoms with E-state index in [1.807, 2.05) is 4.90 Å². The van der Waals surface area contributed by atoms with Gasteiger partial charge in [-0.3, -0.25) is 9.69 Å². The summed E-state index contributed by atoms with van der Waals surface area (Å²) in [5.41, 5.74) is 5.86. The van der Waals surface area contributed by atoms with E-state index >= 15 is 0 Å². The van der Waals surface area contributed by atoms with Crippen molar-refractivity contribution in [3.63, 3.8) is 0 Å². The van der Waals surface area contributed by atoms with Crippen molar-refractivity contribution < 1.29 is 9.32 Å². The van der Waals surface area contributed by atoms with E-state index in [2.05, 4.69) is 22.0 Å². The molecule has 3 heterocycles. The van der Waals surface area contributed by atoms with Crippen LogP contribution in [-0.4, -0.2) is 58.1 Å². The van der Waals surface area contributed by atoms with Gasteiger partial charge in [-0.05, 0) is 45.2 Å². The SMILES string of the molecule is CCN1CCCC1CN1CC(c2nc(C3(N)CCC3)no2)CC1=O. The predicted molar refractivity (Wildman–Crippen MR) is 88.2 cm³/mol. The van der Waals surface area contributed by atoms with Crippen molar-refractivity contribution >= 4 is 5.91 Å². The van der Waals surface area contributed by atoms with Crippen LogP contribution in [0.5, 0.6) is 0 Å². The highest BCUT2D eigenvalue weighted by atomic mass is 16.5. The summed E-state index contributed by atoms with van der Waals surface area (Å²) in [4.78, 5) is 21.4. The van der Waals surface area contributed by atoms with Crippen molar-refractivity contribution in [2.24, 2.45) is 5.73 Å². The van der Waals surface area contributed by atoms with Gasteiger partial charge in [0.15, 0.2) is 5.82 Å². The van der Waals surface area contributed by atoms with Gasteiger partial charge in [-0.1, -0.05) is 12.1 Å². The summed E-state index contributed by atoms with van der Waals surface area (Å²) in [5, 5.41) is 4.08.